The first-order valence-electron chi connectivity index (χ1n) is 5.89. The van der Waals surface area contributed by atoms with Crippen LogP contribution in [0.2, 0.25) is 0 Å². The van der Waals surface area contributed by atoms with Crippen LogP contribution in [0.25, 0.3) is 0 Å². The fourth-order valence-electron chi connectivity index (χ4n) is 2.07. The van der Waals surface area contributed by atoms with E-state index in [0.29, 0.717) is 6.42 Å². The molecule has 0 heterocycles. The van der Waals surface area contributed by atoms with E-state index in [0.717, 1.165) is 11.1 Å². The van der Waals surface area contributed by atoms with Crippen molar-refractivity contribution in [2.75, 3.05) is 0 Å². The Bertz CT molecular complexity index is 493. The smallest absolute Gasteiger partial charge is 0.418 e. The first-order chi connectivity index (χ1) is 8.74. The van der Waals surface area contributed by atoms with Gasteiger partial charge in [0, 0.05) is 6.42 Å². The highest BCUT2D eigenvalue weighted by molar-refractivity contribution is 5.42. The molecule has 91 valence electrons. The number of rotatable bonds is 5. The van der Waals surface area contributed by atoms with E-state index in [2.05, 4.69) is 0 Å². The fourth-order valence-corrected chi connectivity index (χ4v) is 2.07. The SMILES string of the molecule is CC(Cc1ccccc1)(O[C]=O)c1ccccc1. The lowest BCUT2D eigenvalue weighted by Crippen LogP contribution is -2.28. The molecule has 0 spiro atoms. The van der Waals surface area contributed by atoms with Crippen molar-refractivity contribution in [3.8, 4) is 0 Å². The average molecular weight is 239 g/mol. The molecule has 0 bridgehead atoms. The molecule has 0 aromatic heterocycles. The summed E-state index contributed by atoms with van der Waals surface area (Å²) in [6.45, 7) is 3.48. The maximum atomic E-state index is 10.6. The summed E-state index contributed by atoms with van der Waals surface area (Å²) in [6, 6.07) is 19.7. The Morgan fingerprint density at radius 2 is 1.56 bits per heavy atom. The Kier molecular flexibility index (Phi) is 3.78. The van der Waals surface area contributed by atoms with Gasteiger partial charge >= 0.3 is 6.47 Å². The molecular formula is C16H15O2. The van der Waals surface area contributed by atoms with Gasteiger partial charge in [-0.15, -0.1) is 0 Å². The van der Waals surface area contributed by atoms with Crippen LogP contribution in [0.5, 0.6) is 0 Å². The lowest BCUT2D eigenvalue weighted by atomic mass is 9.89. The highest BCUT2D eigenvalue weighted by atomic mass is 16.5. The molecule has 2 aromatic rings. The predicted octanol–water partition coefficient (Wildman–Crippen LogP) is 3.23. The van der Waals surface area contributed by atoms with E-state index < -0.39 is 5.60 Å². The Balaban J connectivity index is 2.30. The normalized spacial score (nSPS) is 13.6. The lowest BCUT2D eigenvalue weighted by molar-refractivity contribution is 0.0678. The van der Waals surface area contributed by atoms with E-state index in [1.54, 1.807) is 6.47 Å². The van der Waals surface area contributed by atoms with Gasteiger partial charge in [-0.25, -0.2) is 4.79 Å². The van der Waals surface area contributed by atoms with Crippen molar-refractivity contribution in [3.05, 3.63) is 71.8 Å². The predicted molar refractivity (Wildman–Crippen MR) is 70.7 cm³/mol. The Hall–Kier alpha value is -2.09. The van der Waals surface area contributed by atoms with Crippen LogP contribution in [-0.4, -0.2) is 6.47 Å². The van der Waals surface area contributed by atoms with E-state index in [9.17, 15) is 4.79 Å². The summed E-state index contributed by atoms with van der Waals surface area (Å²) >= 11 is 0. The highest BCUT2D eigenvalue weighted by Gasteiger charge is 2.28. The first-order valence-corrected chi connectivity index (χ1v) is 5.89. The fraction of sp³-hybridized carbons (Fsp3) is 0.188. The number of hydrogen-bond acceptors (Lipinski definition) is 2. The minimum Gasteiger partial charge on any atom is -0.446 e. The topological polar surface area (TPSA) is 26.3 Å². The maximum Gasteiger partial charge on any atom is 0.418 e. The van der Waals surface area contributed by atoms with Crippen LogP contribution in [0.1, 0.15) is 18.1 Å². The molecule has 0 N–H and O–H groups in total. The van der Waals surface area contributed by atoms with Gasteiger partial charge in [0.05, 0.1) is 0 Å². The summed E-state index contributed by atoms with van der Waals surface area (Å²) in [4.78, 5) is 10.6. The maximum absolute atomic E-state index is 10.6. The van der Waals surface area contributed by atoms with Crippen LogP contribution in [0.3, 0.4) is 0 Å². The molecule has 2 heteroatoms. The number of carbonyl (C=O) groups excluding carboxylic acids is 1. The van der Waals surface area contributed by atoms with E-state index in [4.69, 9.17) is 4.74 Å². The van der Waals surface area contributed by atoms with E-state index >= 15 is 0 Å². The summed E-state index contributed by atoms with van der Waals surface area (Å²) in [5.41, 5.74) is 1.42. The van der Waals surface area contributed by atoms with Crippen molar-refractivity contribution in [3.63, 3.8) is 0 Å². The molecule has 0 aliphatic carbocycles. The van der Waals surface area contributed by atoms with E-state index in [1.807, 2.05) is 67.6 Å². The van der Waals surface area contributed by atoms with E-state index in [-0.39, 0.29) is 0 Å². The molecule has 1 atom stereocenters. The Morgan fingerprint density at radius 1 is 1.00 bits per heavy atom. The molecule has 0 saturated carbocycles. The zero-order chi connectivity index (χ0) is 12.8. The van der Waals surface area contributed by atoms with Crippen molar-refractivity contribution in [1.82, 2.24) is 0 Å². The van der Waals surface area contributed by atoms with Crippen LogP contribution >= 0.6 is 0 Å². The standard InChI is InChI=1S/C16H15O2/c1-16(18-13-17,15-10-6-3-7-11-15)12-14-8-4-2-5-9-14/h2-11H,12H2,1H3. The molecule has 2 nitrogen and oxygen atoms in total. The molecule has 0 saturated heterocycles. The quantitative estimate of drug-likeness (QED) is 0.800. The monoisotopic (exact) mass is 239 g/mol. The molecule has 2 aromatic carbocycles. The third kappa shape index (κ3) is 2.77. The van der Waals surface area contributed by atoms with Gasteiger partial charge in [-0.05, 0) is 18.1 Å². The lowest BCUT2D eigenvalue weighted by Gasteiger charge is -2.27. The average Bonchev–Trinajstić information content (AvgIpc) is 2.41. The molecule has 2 rings (SSSR count). The van der Waals surface area contributed by atoms with Gasteiger partial charge in [-0.1, -0.05) is 60.7 Å². The van der Waals surface area contributed by atoms with Crippen LogP contribution in [0.15, 0.2) is 60.7 Å². The molecule has 0 aliphatic rings. The van der Waals surface area contributed by atoms with Crippen LogP contribution < -0.4 is 0 Å². The van der Waals surface area contributed by atoms with Crippen molar-refractivity contribution >= 4 is 6.47 Å². The minimum absolute atomic E-state index is 0.632. The van der Waals surface area contributed by atoms with Gasteiger partial charge in [0.25, 0.3) is 0 Å². The van der Waals surface area contributed by atoms with Crippen molar-refractivity contribution in [1.29, 1.82) is 0 Å². The molecule has 18 heavy (non-hydrogen) atoms. The van der Waals surface area contributed by atoms with E-state index in [1.165, 1.54) is 0 Å². The summed E-state index contributed by atoms with van der Waals surface area (Å²) in [7, 11) is 0. The van der Waals surface area contributed by atoms with Crippen LogP contribution in [0.4, 0.5) is 0 Å². The summed E-state index contributed by atoms with van der Waals surface area (Å²) < 4.78 is 5.21. The third-order valence-electron chi connectivity index (χ3n) is 3.04. The molecule has 0 aliphatic heterocycles. The number of hydrogen-bond donors (Lipinski definition) is 0. The van der Waals surface area contributed by atoms with Gasteiger partial charge in [0.15, 0.2) is 0 Å². The summed E-state index contributed by atoms with van der Waals surface area (Å²) in [6.07, 6.45) is 0.632. The van der Waals surface area contributed by atoms with Crippen molar-refractivity contribution in [2.45, 2.75) is 18.9 Å². The first kappa shape index (κ1) is 12.4. The molecule has 1 unspecified atom stereocenters. The summed E-state index contributed by atoms with van der Waals surface area (Å²) in [5, 5.41) is 0. The van der Waals surface area contributed by atoms with Gasteiger partial charge in [-0.2, -0.15) is 0 Å². The van der Waals surface area contributed by atoms with Crippen LogP contribution in [0, 0.1) is 0 Å². The van der Waals surface area contributed by atoms with Crippen molar-refractivity contribution < 1.29 is 9.53 Å². The van der Waals surface area contributed by atoms with Crippen molar-refractivity contribution in [2.24, 2.45) is 0 Å². The molecular weight excluding hydrogens is 224 g/mol. The van der Waals surface area contributed by atoms with Crippen LogP contribution in [-0.2, 0) is 21.6 Å². The second-order valence-electron chi connectivity index (χ2n) is 4.44. The molecule has 0 amide bonds. The number of ether oxygens (including phenoxy) is 1. The molecule has 0 fully saturated rings. The van der Waals surface area contributed by atoms with Gasteiger partial charge < -0.3 is 4.74 Å². The third-order valence-corrected chi connectivity index (χ3v) is 3.04. The number of benzene rings is 2. The second-order valence-corrected chi connectivity index (χ2v) is 4.44. The Labute approximate surface area is 107 Å². The zero-order valence-corrected chi connectivity index (χ0v) is 10.3. The summed E-state index contributed by atoms with van der Waals surface area (Å²) in [5.74, 6) is 0. The van der Waals surface area contributed by atoms with Gasteiger partial charge in [0.1, 0.15) is 5.60 Å². The minimum atomic E-state index is -0.676. The molecule has 1 radical (unpaired) electrons. The zero-order valence-electron chi connectivity index (χ0n) is 10.3. The highest BCUT2D eigenvalue weighted by Crippen LogP contribution is 2.28. The Morgan fingerprint density at radius 3 is 2.11 bits per heavy atom. The largest absolute Gasteiger partial charge is 0.446 e. The van der Waals surface area contributed by atoms with Gasteiger partial charge in [0.2, 0.25) is 0 Å². The second kappa shape index (κ2) is 5.50. The van der Waals surface area contributed by atoms with Gasteiger partial charge in [-0.3, -0.25) is 0 Å².